The summed E-state index contributed by atoms with van der Waals surface area (Å²) in [5.74, 6) is 0. The molecule has 0 saturated heterocycles. The highest BCUT2D eigenvalue weighted by Crippen LogP contribution is 2.63. The molecular weight excluding hydrogens is 824 g/mol. The van der Waals surface area contributed by atoms with Crippen LogP contribution < -0.4 is 26.4 Å². The minimum atomic E-state index is -0.143. The van der Waals surface area contributed by atoms with E-state index in [4.69, 9.17) is 4.42 Å². The Labute approximate surface area is 409 Å². The van der Waals surface area contributed by atoms with Crippen LogP contribution in [0.2, 0.25) is 0 Å². The van der Waals surface area contributed by atoms with Gasteiger partial charge in [0.05, 0.1) is 17.0 Å². The summed E-state index contributed by atoms with van der Waals surface area (Å²) < 4.78 is 7.72. The Bertz CT molecular complexity index is 3230. The van der Waals surface area contributed by atoms with E-state index in [1.165, 1.54) is 121 Å². The van der Waals surface area contributed by atoms with E-state index in [0.717, 1.165) is 24.1 Å². The van der Waals surface area contributed by atoms with Gasteiger partial charge in [0.2, 0.25) is 0 Å². The van der Waals surface area contributed by atoms with Crippen LogP contribution in [-0.2, 0) is 43.3 Å². The zero-order chi connectivity index (χ0) is 48.6. The molecule has 68 heavy (non-hydrogen) atoms. The van der Waals surface area contributed by atoms with Gasteiger partial charge in [-0.2, -0.15) is 0 Å². The average Bonchev–Trinajstić information content (AvgIpc) is 3.62. The summed E-state index contributed by atoms with van der Waals surface area (Å²) in [6.07, 6.45) is 7.02. The van der Waals surface area contributed by atoms with Crippen molar-refractivity contribution in [1.29, 1.82) is 0 Å². The number of rotatable bonds is 1. The van der Waals surface area contributed by atoms with Gasteiger partial charge in [0.15, 0.2) is 0 Å². The predicted molar refractivity (Wildman–Crippen MR) is 292 cm³/mol. The van der Waals surface area contributed by atoms with Crippen LogP contribution in [0.1, 0.15) is 212 Å². The zero-order valence-electron chi connectivity index (χ0n) is 45.0. The number of anilines is 6. The SMILES string of the molecule is Cc1cc(C(C)(C)C)ccc1N1c2cc(C(C)(C)C)cc3c2B(c2ccc4c5c2N3c2cc3c(cc2C5(C)CCC4(C)C)C(C)(C)CCC3(C)C)c2oc3cc4c(cc3c21)C(C)(C)CCC4(C)C. The van der Waals surface area contributed by atoms with Crippen LogP contribution in [0.25, 0.3) is 11.0 Å². The molecule has 12 rings (SSSR count). The molecule has 6 aromatic rings. The molecule has 5 aromatic carbocycles. The molecule has 4 heteroatoms. The van der Waals surface area contributed by atoms with Gasteiger partial charge in [-0.05, 0) is 186 Å². The smallest absolute Gasteiger partial charge is 0.297 e. The molecule has 3 aliphatic carbocycles. The van der Waals surface area contributed by atoms with E-state index in [9.17, 15) is 0 Å². The molecule has 0 spiro atoms. The van der Waals surface area contributed by atoms with Crippen molar-refractivity contribution in [2.45, 2.75) is 206 Å². The van der Waals surface area contributed by atoms with E-state index >= 15 is 0 Å². The first-order chi connectivity index (χ1) is 31.5. The second-order valence-corrected chi connectivity index (χ2v) is 28.3. The first-order valence-corrected chi connectivity index (χ1v) is 26.4. The van der Waals surface area contributed by atoms with Crippen LogP contribution >= 0.6 is 0 Å². The molecule has 0 saturated carbocycles. The third kappa shape index (κ3) is 5.79. The number of nitrogens with zero attached hydrogens (tertiary/aromatic N) is 2. The third-order valence-corrected chi connectivity index (χ3v) is 19.3. The summed E-state index contributed by atoms with van der Waals surface area (Å²) in [4.78, 5) is 5.47. The average molecular weight is 901 g/mol. The number of aryl methyl sites for hydroxylation is 1. The van der Waals surface area contributed by atoms with Crippen molar-refractivity contribution in [2.75, 3.05) is 9.80 Å². The van der Waals surface area contributed by atoms with Crippen LogP contribution in [0, 0.1) is 6.92 Å². The van der Waals surface area contributed by atoms with Gasteiger partial charge in [-0.15, -0.1) is 0 Å². The van der Waals surface area contributed by atoms with Crippen LogP contribution in [0.4, 0.5) is 34.1 Å². The van der Waals surface area contributed by atoms with Gasteiger partial charge in [0.25, 0.3) is 6.71 Å². The molecule has 0 bridgehead atoms. The lowest BCUT2D eigenvalue weighted by atomic mass is 9.34. The number of furan rings is 1. The van der Waals surface area contributed by atoms with Crippen molar-refractivity contribution in [3.8, 4) is 0 Å². The lowest BCUT2D eigenvalue weighted by molar-refractivity contribution is 0.327. The maximum atomic E-state index is 7.72. The fraction of sp³-hybridized carbons (Fsp3) is 0.500. The third-order valence-electron chi connectivity index (χ3n) is 19.3. The molecule has 0 fully saturated rings. The van der Waals surface area contributed by atoms with Crippen LogP contribution in [-0.4, -0.2) is 6.71 Å². The van der Waals surface area contributed by atoms with Crippen molar-refractivity contribution in [3.05, 3.63) is 122 Å². The Kier molecular flexibility index (Phi) is 8.62. The van der Waals surface area contributed by atoms with E-state index in [-0.39, 0.29) is 50.0 Å². The van der Waals surface area contributed by atoms with Gasteiger partial charge in [-0.3, -0.25) is 0 Å². The van der Waals surface area contributed by atoms with Crippen LogP contribution in [0.15, 0.2) is 71.1 Å². The summed E-state index contributed by atoms with van der Waals surface area (Å²) in [5.41, 5.74) is 27.4. The number of hydrogen-bond acceptors (Lipinski definition) is 3. The van der Waals surface area contributed by atoms with E-state index < -0.39 is 0 Å². The fourth-order valence-corrected chi connectivity index (χ4v) is 14.4. The number of benzene rings is 5. The predicted octanol–water partition coefficient (Wildman–Crippen LogP) is 15.8. The summed E-state index contributed by atoms with van der Waals surface area (Å²) in [6.45, 7) is 43.9. The minimum absolute atomic E-state index is 0.0308. The lowest BCUT2D eigenvalue weighted by Gasteiger charge is -2.55. The topological polar surface area (TPSA) is 19.6 Å². The van der Waals surface area contributed by atoms with E-state index in [1.807, 2.05) is 0 Å². The standard InChI is InChI=1S/C64H77BN2O/c1-36-29-37(57(2,3)4)19-22-47(36)66-49-30-38(58(5,6)7)31-50-53(49)65(56-54(66)39-32-41-44(35-51(39)68-56)63(16,17)26-23-60(41,10)11)46-21-20-40-52-55(46)67(50)48-34-43-42(61(12,13)24-25-62(43,14)15)33-45(48)64(52,18)28-27-59(40,8)9/h19-22,29-35H,23-28H2,1-18H3. The van der Waals surface area contributed by atoms with Crippen molar-refractivity contribution in [3.63, 3.8) is 0 Å². The molecule has 1 aromatic heterocycles. The Morgan fingerprint density at radius 2 is 0.985 bits per heavy atom. The molecule has 0 radical (unpaired) electrons. The molecule has 1 atom stereocenters. The first kappa shape index (κ1) is 44.5. The molecule has 3 nitrogen and oxygen atoms in total. The molecule has 3 aliphatic heterocycles. The molecule has 1 unspecified atom stereocenters. The van der Waals surface area contributed by atoms with Gasteiger partial charge < -0.3 is 14.2 Å². The minimum Gasteiger partial charge on any atom is -0.468 e. The summed E-state index contributed by atoms with van der Waals surface area (Å²) in [6, 6.07) is 28.0. The highest BCUT2D eigenvalue weighted by Gasteiger charge is 2.56. The Morgan fingerprint density at radius 1 is 0.471 bits per heavy atom. The summed E-state index contributed by atoms with van der Waals surface area (Å²) in [5, 5.41) is 1.24. The van der Waals surface area contributed by atoms with E-state index in [0.29, 0.717) is 0 Å². The van der Waals surface area contributed by atoms with Crippen molar-refractivity contribution in [1.82, 2.24) is 0 Å². The molecule has 0 amide bonds. The number of hydrogen-bond donors (Lipinski definition) is 0. The number of fused-ring (bicyclic) bond motifs is 11. The van der Waals surface area contributed by atoms with Crippen molar-refractivity contribution in [2.24, 2.45) is 0 Å². The van der Waals surface area contributed by atoms with Gasteiger partial charge >= 0.3 is 0 Å². The monoisotopic (exact) mass is 901 g/mol. The summed E-state index contributed by atoms with van der Waals surface area (Å²) in [7, 11) is 0. The highest BCUT2D eigenvalue weighted by atomic mass is 16.3. The normalized spacial score (nSPS) is 22.8. The molecule has 6 aliphatic rings. The quantitative estimate of drug-likeness (QED) is 0.153. The Balaban J connectivity index is 1.26. The Morgan fingerprint density at radius 3 is 1.56 bits per heavy atom. The molecular formula is C64H77BN2O. The maximum absolute atomic E-state index is 7.72. The van der Waals surface area contributed by atoms with Crippen LogP contribution in [0.5, 0.6) is 0 Å². The van der Waals surface area contributed by atoms with Crippen LogP contribution in [0.3, 0.4) is 0 Å². The van der Waals surface area contributed by atoms with Gasteiger partial charge in [-0.25, -0.2) is 0 Å². The molecule has 0 N–H and O–H groups in total. The maximum Gasteiger partial charge on any atom is 0.297 e. The van der Waals surface area contributed by atoms with Crippen molar-refractivity contribution >= 4 is 68.4 Å². The van der Waals surface area contributed by atoms with E-state index in [1.54, 1.807) is 11.1 Å². The van der Waals surface area contributed by atoms with Gasteiger partial charge in [-0.1, -0.05) is 148 Å². The lowest BCUT2D eigenvalue weighted by Crippen LogP contribution is -2.62. The van der Waals surface area contributed by atoms with E-state index in [2.05, 4.69) is 201 Å². The Hall–Kier alpha value is -4.70. The fourth-order valence-electron chi connectivity index (χ4n) is 14.4. The second-order valence-electron chi connectivity index (χ2n) is 28.3. The molecule has 352 valence electrons. The van der Waals surface area contributed by atoms with Gasteiger partial charge in [0.1, 0.15) is 5.58 Å². The van der Waals surface area contributed by atoms with Crippen molar-refractivity contribution < 1.29 is 4.42 Å². The largest absolute Gasteiger partial charge is 0.468 e. The molecule has 4 heterocycles. The first-order valence-electron chi connectivity index (χ1n) is 26.4. The highest BCUT2D eigenvalue weighted by molar-refractivity contribution is 7.00. The van der Waals surface area contributed by atoms with Gasteiger partial charge in [0, 0.05) is 33.6 Å². The zero-order valence-corrected chi connectivity index (χ0v) is 45.0. The summed E-state index contributed by atoms with van der Waals surface area (Å²) >= 11 is 0. The second kappa shape index (κ2) is 13.2.